The molecule has 6 nitrogen and oxygen atoms in total. The summed E-state index contributed by atoms with van der Waals surface area (Å²) in [7, 11) is 0. The fourth-order valence-corrected chi connectivity index (χ4v) is 2.24. The number of aliphatic carboxylic acids is 1. The molecule has 0 bridgehead atoms. The lowest BCUT2D eigenvalue weighted by Crippen LogP contribution is -2.53. The van der Waals surface area contributed by atoms with Crippen LogP contribution in [0.25, 0.3) is 0 Å². The van der Waals surface area contributed by atoms with Crippen LogP contribution in [-0.2, 0) is 14.3 Å². The van der Waals surface area contributed by atoms with Gasteiger partial charge in [-0.2, -0.15) is 0 Å². The smallest absolute Gasteiger partial charge is 0.321 e. The molecule has 0 aromatic rings. The topological polar surface area (TPSA) is 78.9 Å². The van der Waals surface area contributed by atoms with E-state index in [1.807, 2.05) is 0 Å². The Kier molecular flexibility index (Phi) is 4.19. The molecule has 0 radical (unpaired) electrons. The minimum absolute atomic E-state index is 0.0369. The van der Waals surface area contributed by atoms with E-state index < -0.39 is 18.1 Å². The molecule has 1 amide bonds. The van der Waals surface area contributed by atoms with Gasteiger partial charge in [0.05, 0.1) is 19.3 Å². The van der Waals surface area contributed by atoms with Gasteiger partial charge in [-0.3, -0.25) is 14.9 Å². The zero-order valence-corrected chi connectivity index (χ0v) is 10.6. The number of nitrogens with one attached hydrogen (secondary N) is 1. The van der Waals surface area contributed by atoms with E-state index in [1.54, 1.807) is 11.8 Å². The Morgan fingerprint density at radius 1 is 1.33 bits per heavy atom. The van der Waals surface area contributed by atoms with Gasteiger partial charge in [0, 0.05) is 13.1 Å². The Balaban J connectivity index is 1.87. The fourth-order valence-electron chi connectivity index (χ4n) is 2.24. The van der Waals surface area contributed by atoms with Crippen LogP contribution in [0.4, 0.5) is 0 Å². The van der Waals surface area contributed by atoms with Crippen molar-refractivity contribution >= 4 is 11.9 Å². The third-order valence-corrected chi connectivity index (χ3v) is 3.48. The summed E-state index contributed by atoms with van der Waals surface area (Å²) in [5.41, 5.74) is 0. The predicted molar refractivity (Wildman–Crippen MR) is 64.1 cm³/mol. The molecule has 18 heavy (non-hydrogen) atoms. The van der Waals surface area contributed by atoms with Crippen LogP contribution in [-0.4, -0.2) is 60.3 Å². The van der Waals surface area contributed by atoms with Crippen LogP contribution in [0.2, 0.25) is 0 Å². The normalized spacial score (nSPS) is 23.5. The number of morpholine rings is 1. The van der Waals surface area contributed by atoms with E-state index in [0.29, 0.717) is 26.3 Å². The number of hydrogen-bond acceptors (Lipinski definition) is 4. The van der Waals surface area contributed by atoms with E-state index in [0.717, 1.165) is 12.8 Å². The lowest BCUT2D eigenvalue weighted by atomic mass is 10.1. The zero-order chi connectivity index (χ0) is 13.1. The summed E-state index contributed by atoms with van der Waals surface area (Å²) in [6, 6.07) is -1.05. The molecule has 0 spiro atoms. The first-order chi connectivity index (χ1) is 8.59. The van der Waals surface area contributed by atoms with Crippen LogP contribution in [0, 0.1) is 5.92 Å². The van der Waals surface area contributed by atoms with E-state index >= 15 is 0 Å². The summed E-state index contributed by atoms with van der Waals surface area (Å²) in [6.07, 6.45) is 1.87. The maximum Gasteiger partial charge on any atom is 0.321 e. The second kappa shape index (κ2) is 5.67. The lowest BCUT2D eigenvalue weighted by Gasteiger charge is -2.30. The first-order valence-electron chi connectivity index (χ1n) is 6.45. The highest BCUT2D eigenvalue weighted by Gasteiger charge is 2.38. The Hall–Kier alpha value is -1.14. The third-order valence-electron chi connectivity index (χ3n) is 3.48. The number of amides is 1. The van der Waals surface area contributed by atoms with Crippen molar-refractivity contribution in [3.8, 4) is 0 Å². The Labute approximate surface area is 106 Å². The fraction of sp³-hybridized carbons (Fsp3) is 0.833. The minimum atomic E-state index is -0.862. The molecule has 1 heterocycles. The van der Waals surface area contributed by atoms with Gasteiger partial charge in [-0.25, -0.2) is 0 Å². The van der Waals surface area contributed by atoms with Gasteiger partial charge < -0.3 is 14.7 Å². The number of carboxylic acid groups (broad SMARTS) is 1. The summed E-state index contributed by atoms with van der Waals surface area (Å²) >= 11 is 0. The van der Waals surface area contributed by atoms with Gasteiger partial charge in [0.2, 0.25) is 5.91 Å². The van der Waals surface area contributed by atoms with Crippen molar-refractivity contribution in [1.82, 2.24) is 10.2 Å². The number of hydrogen-bond donors (Lipinski definition) is 2. The second-order valence-electron chi connectivity index (χ2n) is 4.98. The van der Waals surface area contributed by atoms with Crippen molar-refractivity contribution in [3.05, 3.63) is 0 Å². The summed E-state index contributed by atoms with van der Waals surface area (Å²) < 4.78 is 5.19. The van der Waals surface area contributed by atoms with Crippen LogP contribution in [0.3, 0.4) is 0 Å². The van der Waals surface area contributed by atoms with Gasteiger partial charge in [-0.15, -0.1) is 0 Å². The van der Waals surface area contributed by atoms with Crippen molar-refractivity contribution in [2.75, 3.05) is 26.3 Å². The predicted octanol–water partition coefficient (Wildman–Crippen LogP) is -0.313. The molecule has 2 unspecified atom stereocenters. The number of ether oxygens (including phenoxy) is 1. The van der Waals surface area contributed by atoms with Gasteiger partial charge in [0.1, 0.15) is 6.04 Å². The summed E-state index contributed by atoms with van der Waals surface area (Å²) in [4.78, 5) is 25.0. The molecule has 2 fully saturated rings. The molecule has 1 saturated carbocycles. The van der Waals surface area contributed by atoms with Crippen LogP contribution < -0.4 is 5.32 Å². The third kappa shape index (κ3) is 3.20. The van der Waals surface area contributed by atoms with Crippen molar-refractivity contribution in [2.45, 2.75) is 31.8 Å². The molecular weight excluding hydrogens is 236 g/mol. The van der Waals surface area contributed by atoms with Crippen LogP contribution >= 0.6 is 0 Å². The second-order valence-corrected chi connectivity index (χ2v) is 4.98. The van der Waals surface area contributed by atoms with E-state index in [-0.39, 0.29) is 11.8 Å². The zero-order valence-electron chi connectivity index (χ0n) is 10.6. The molecular formula is C12H20N2O4. The highest BCUT2D eigenvalue weighted by Crippen LogP contribution is 2.33. The van der Waals surface area contributed by atoms with E-state index in [2.05, 4.69) is 5.32 Å². The number of carboxylic acids is 1. The first kappa shape index (κ1) is 13.3. The molecule has 2 aliphatic rings. The van der Waals surface area contributed by atoms with Crippen molar-refractivity contribution in [2.24, 2.45) is 5.92 Å². The first-order valence-corrected chi connectivity index (χ1v) is 6.45. The molecule has 2 N–H and O–H groups in total. The van der Waals surface area contributed by atoms with E-state index in [9.17, 15) is 9.59 Å². The van der Waals surface area contributed by atoms with Gasteiger partial charge in [-0.1, -0.05) is 0 Å². The monoisotopic (exact) mass is 256 g/mol. The van der Waals surface area contributed by atoms with Gasteiger partial charge >= 0.3 is 5.97 Å². The van der Waals surface area contributed by atoms with Crippen molar-refractivity contribution in [3.63, 3.8) is 0 Å². The molecule has 6 heteroatoms. The summed E-state index contributed by atoms with van der Waals surface area (Å²) in [5, 5.41) is 12.1. The van der Waals surface area contributed by atoms with Crippen molar-refractivity contribution < 1.29 is 19.4 Å². The average Bonchev–Trinajstić information content (AvgIpc) is 3.19. The standard InChI is InChI=1S/C12H20N2O4/c1-8(11(15)14-4-6-18-7-5-14)13-10(12(16)17)9-2-3-9/h8-10,13H,2-7H2,1H3,(H,16,17). The molecule has 102 valence electrons. The largest absolute Gasteiger partial charge is 0.480 e. The molecule has 1 aliphatic carbocycles. The number of rotatable bonds is 5. The maximum atomic E-state index is 12.1. The van der Waals surface area contributed by atoms with Crippen LogP contribution in [0.5, 0.6) is 0 Å². The molecule has 2 atom stereocenters. The van der Waals surface area contributed by atoms with Crippen LogP contribution in [0.15, 0.2) is 0 Å². The van der Waals surface area contributed by atoms with Crippen molar-refractivity contribution in [1.29, 1.82) is 0 Å². The molecule has 2 rings (SSSR count). The average molecular weight is 256 g/mol. The molecule has 1 saturated heterocycles. The van der Waals surface area contributed by atoms with Gasteiger partial charge in [-0.05, 0) is 25.7 Å². The summed E-state index contributed by atoms with van der Waals surface area (Å²) in [6.45, 7) is 4.03. The highest BCUT2D eigenvalue weighted by molar-refractivity contribution is 5.83. The quantitative estimate of drug-likeness (QED) is 0.705. The summed E-state index contributed by atoms with van der Waals surface area (Å²) in [5.74, 6) is -0.716. The Bertz CT molecular complexity index is 324. The number of nitrogens with zero attached hydrogens (tertiary/aromatic N) is 1. The molecule has 0 aromatic heterocycles. The highest BCUT2D eigenvalue weighted by atomic mass is 16.5. The SMILES string of the molecule is CC(NC(C(=O)O)C1CC1)C(=O)N1CCOCC1. The van der Waals surface area contributed by atoms with E-state index in [4.69, 9.17) is 9.84 Å². The number of carbonyl (C=O) groups is 2. The Morgan fingerprint density at radius 2 is 1.94 bits per heavy atom. The van der Waals surface area contributed by atoms with Crippen LogP contribution in [0.1, 0.15) is 19.8 Å². The van der Waals surface area contributed by atoms with Gasteiger partial charge in [0.15, 0.2) is 0 Å². The van der Waals surface area contributed by atoms with Gasteiger partial charge in [0.25, 0.3) is 0 Å². The lowest BCUT2D eigenvalue weighted by molar-refractivity contribution is -0.142. The number of carbonyl (C=O) groups excluding carboxylic acids is 1. The molecule has 1 aliphatic heterocycles. The Morgan fingerprint density at radius 3 is 2.44 bits per heavy atom. The van der Waals surface area contributed by atoms with E-state index in [1.165, 1.54) is 0 Å². The minimum Gasteiger partial charge on any atom is -0.480 e. The maximum absolute atomic E-state index is 12.1. The molecule has 0 aromatic carbocycles.